The topological polar surface area (TPSA) is 73.9 Å². The highest BCUT2D eigenvalue weighted by Crippen LogP contribution is 2.52. The van der Waals surface area contributed by atoms with E-state index >= 15 is 0 Å². The molecule has 7 nitrogen and oxygen atoms in total. The molecule has 2 heterocycles. The van der Waals surface area contributed by atoms with E-state index in [1.165, 1.54) is 38.5 Å². The molecule has 7 heteroatoms. The molecule has 0 spiro atoms. The summed E-state index contributed by atoms with van der Waals surface area (Å²) in [5.41, 5.74) is 3.48. The molecule has 1 saturated heterocycles. The van der Waals surface area contributed by atoms with E-state index in [1.54, 1.807) is 6.20 Å². The van der Waals surface area contributed by atoms with Crippen LogP contribution in [-0.4, -0.2) is 49.8 Å². The third-order valence-corrected chi connectivity index (χ3v) is 8.56. The summed E-state index contributed by atoms with van der Waals surface area (Å²) in [5.74, 6) is 1.92. The molecule has 46 heavy (non-hydrogen) atoms. The predicted molar refractivity (Wildman–Crippen MR) is 195 cm³/mol. The van der Waals surface area contributed by atoms with Crippen molar-refractivity contribution in [2.45, 2.75) is 87.0 Å². The van der Waals surface area contributed by atoms with Gasteiger partial charge in [-0.1, -0.05) is 90.6 Å². The second-order valence-electron chi connectivity index (χ2n) is 11.9. The number of aldehydes is 1. The number of carbonyl (C=O) groups excluding carboxylic acids is 2. The van der Waals surface area contributed by atoms with E-state index in [2.05, 4.69) is 36.3 Å². The Morgan fingerprint density at radius 2 is 1.72 bits per heavy atom. The number of hydrogen-bond donors (Lipinski definition) is 2. The maximum Gasteiger partial charge on any atom is 0.256 e. The molecule has 250 valence electrons. The van der Waals surface area contributed by atoms with Crippen LogP contribution in [0.5, 0.6) is 11.5 Å². The van der Waals surface area contributed by atoms with Gasteiger partial charge in [0.25, 0.3) is 5.91 Å². The number of benzene rings is 3. The van der Waals surface area contributed by atoms with Gasteiger partial charge in [0.2, 0.25) is 0 Å². The Labute approximate surface area is 277 Å². The van der Waals surface area contributed by atoms with Crippen molar-refractivity contribution in [2.75, 3.05) is 42.9 Å². The number of unbranched alkanes of at least 4 members (excludes halogenated alkanes) is 1. The number of rotatable bonds is 12. The number of nitrogens with zero attached hydrogens (tertiary/aromatic N) is 2. The van der Waals surface area contributed by atoms with Crippen molar-refractivity contribution in [1.29, 1.82) is 0 Å². The van der Waals surface area contributed by atoms with Crippen LogP contribution in [0.1, 0.15) is 85.6 Å². The van der Waals surface area contributed by atoms with Crippen molar-refractivity contribution in [3.05, 3.63) is 65.9 Å². The molecule has 2 aliphatic rings. The monoisotopic (exact) mass is 628 g/mol. The van der Waals surface area contributed by atoms with Gasteiger partial charge in [-0.15, -0.1) is 0 Å². The predicted octanol–water partition coefficient (Wildman–Crippen LogP) is 9.37. The Morgan fingerprint density at radius 3 is 2.35 bits per heavy atom. The summed E-state index contributed by atoms with van der Waals surface area (Å²) in [6, 6.07) is 16.1. The smallest absolute Gasteiger partial charge is 0.256 e. The van der Waals surface area contributed by atoms with Crippen LogP contribution in [0.4, 0.5) is 17.1 Å². The van der Waals surface area contributed by atoms with E-state index in [4.69, 9.17) is 4.74 Å². The molecule has 3 aromatic carbocycles. The van der Waals surface area contributed by atoms with Gasteiger partial charge in [-0.2, -0.15) is 0 Å². The summed E-state index contributed by atoms with van der Waals surface area (Å²) in [6.45, 7) is 19.0. The lowest BCUT2D eigenvalue weighted by Crippen LogP contribution is -2.35. The highest BCUT2D eigenvalue weighted by molar-refractivity contribution is 6.11. The van der Waals surface area contributed by atoms with Crippen LogP contribution in [-0.2, 0) is 9.59 Å². The Hall–Kier alpha value is -3.84. The molecule has 1 amide bonds. The van der Waals surface area contributed by atoms with Gasteiger partial charge in [0.15, 0.2) is 17.8 Å². The minimum Gasteiger partial charge on any atom is -0.451 e. The largest absolute Gasteiger partial charge is 0.451 e. The van der Waals surface area contributed by atoms with Crippen LogP contribution >= 0.6 is 0 Å². The number of carbonyl (C=O) groups is 2. The van der Waals surface area contributed by atoms with E-state index in [1.807, 2.05) is 81.1 Å². The summed E-state index contributed by atoms with van der Waals surface area (Å²) in [5, 5.41) is 8.39. The normalized spacial score (nSPS) is 14.5. The number of fused-ring (bicyclic) bond motifs is 3. The van der Waals surface area contributed by atoms with Crippen molar-refractivity contribution >= 4 is 40.0 Å². The van der Waals surface area contributed by atoms with Gasteiger partial charge in [0.05, 0.1) is 22.6 Å². The molecule has 0 bridgehead atoms. The van der Waals surface area contributed by atoms with Crippen LogP contribution in [0.15, 0.2) is 60.3 Å². The standard InChI is InChI=1S/C29H32N4O3.C8H18.C2H6/c1-3-30-24-11-10-20(2)27-28(24)36-26-17-22-9-5-4-8-21(22)16-25(26)33(27)18-23(19-34)29(35)31-12-15-32-13-6-7-14-32;1-4-6-7-8(3)5-2;1-2/h4-5,8-11,16-19,30H,3,6-7,12-15H2,1-2H3,(H,31,35);8H,4-7H2,1-3H3;1-2H3/b23-18+;;. The number of aryl methyl sites for hydroxylation is 1. The molecule has 1 atom stereocenters. The van der Waals surface area contributed by atoms with Crippen LogP contribution in [0, 0.1) is 12.8 Å². The molecular weight excluding hydrogens is 572 g/mol. The van der Waals surface area contributed by atoms with Gasteiger partial charge in [-0.05, 0) is 80.2 Å². The van der Waals surface area contributed by atoms with Crippen molar-refractivity contribution in [3.8, 4) is 11.5 Å². The third-order valence-electron chi connectivity index (χ3n) is 8.56. The zero-order chi connectivity index (χ0) is 33.5. The molecule has 0 aliphatic carbocycles. The van der Waals surface area contributed by atoms with Crippen molar-refractivity contribution < 1.29 is 14.3 Å². The highest BCUT2D eigenvalue weighted by Gasteiger charge is 2.29. The van der Waals surface area contributed by atoms with Crippen LogP contribution < -0.4 is 20.3 Å². The molecule has 3 aromatic rings. The summed E-state index contributed by atoms with van der Waals surface area (Å²) < 4.78 is 6.45. The number of amides is 1. The summed E-state index contributed by atoms with van der Waals surface area (Å²) in [4.78, 5) is 29.4. The minimum atomic E-state index is -0.375. The van der Waals surface area contributed by atoms with Gasteiger partial charge in [0, 0.05) is 25.8 Å². The average molecular weight is 629 g/mol. The van der Waals surface area contributed by atoms with Gasteiger partial charge < -0.3 is 25.2 Å². The maximum absolute atomic E-state index is 13.0. The summed E-state index contributed by atoms with van der Waals surface area (Å²) >= 11 is 0. The Kier molecular flexibility index (Phi) is 15.1. The number of likely N-dealkylation sites (tertiary alicyclic amines) is 1. The van der Waals surface area contributed by atoms with E-state index in [9.17, 15) is 9.59 Å². The van der Waals surface area contributed by atoms with Gasteiger partial charge in [0.1, 0.15) is 0 Å². The number of nitrogens with one attached hydrogen (secondary N) is 2. The Balaban J connectivity index is 0.000000505. The fraction of sp³-hybridized carbons (Fsp3) is 0.487. The molecular formula is C39H56N4O3. The lowest BCUT2D eigenvalue weighted by Gasteiger charge is -2.33. The lowest BCUT2D eigenvalue weighted by atomic mass is 10.0. The molecule has 2 N–H and O–H groups in total. The Morgan fingerprint density at radius 1 is 1.02 bits per heavy atom. The molecule has 5 rings (SSSR count). The molecule has 0 aromatic heterocycles. The van der Waals surface area contributed by atoms with E-state index in [-0.39, 0.29) is 11.5 Å². The first kappa shape index (κ1) is 36.6. The quantitative estimate of drug-likeness (QED) is 0.0901. The van der Waals surface area contributed by atoms with Crippen molar-refractivity contribution in [1.82, 2.24) is 10.2 Å². The lowest BCUT2D eigenvalue weighted by molar-refractivity contribution is -0.119. The third kappa shape index (κ3) is 9.58. The minimum absolute atomic E-state index is 0.0663. The number of ether oxygens (including phenoxy) is 1. The fourth-order valence-corrected chi connectivity index (χ4v) is 5.72. The second-order valence-corrected chi connectivity index (χ2v) is 11.9. The van der Waals surface area contributed by atoms with Crippen LogP contribution in [0.3, 0.4) is 0 Å². The first-order chi connectivity index (χ1) is 22.4. The van der Waals surface area contributed by atoms with Crippen molar-refractivity contribution in [2.24, 2.45) is 5.92 Å². The Bertz CT molecular complexity index is 1440. The van der Waals surface area contributed by atoms with Gasteiger partial charge in [-0.25, -0.2) is 0 Å². The van der Waals surface area contributed by atoms with E-state index in [0.717, 1.165) is 65.5 Å². The van der Waals surface area contributed by atoms with Crippen LogP contribution in [0.2, 0.25) is 0 Å². The maximum atomic E-state index is 13.0. The molecule has 1 fully saturated rings. The highest BCUT2D eigenvalue weighted by atomic mass is 16.5. The average Bonchev–Trinajstić information content (AvgIpc) is 3.61. The number of anilines is 3. The summed E-state index contributed by atoms with van der Waals surface area (Å²) in [7, 11) is 0. The molecule has 0 saturated carbocycles. The fourth-order valence-electron chi connectivity index (χ4n) is 5.72. The van der Waals surface area contributed by atoms with Crippen LogP contribution in [0.25, 0.3) is 10.8 Å². The van der Waals surface area contributed by atoms with Crippen molar-refractivity contribution in [3.63, 3.8) is 0 Å². The first-order valence-corrected chi connectivity index (χ1v) is 17.4. The summed E-state index contributed by atoms with van der Waals surface area (Å²) in [6.07, 6.45) is 10.2. The number of hydrogen-bond acceptors (Lipinski definition) is 6. The molecule has 2 aliphatic heterocycles. The van der Waals surface area contributed by atoms with Gasteiger partial charge in [-0.3, -0.25) is 9.59 Å². The SMILES string of the molecule is CC.CCCCC(C)CC.CCNc1ccc(C)c2c1Oc1cc3ccccc3cc1N2/C=C(\C=O)C(=O)NCCN1CCCC1. The molecule has 0 radical (unpaired) electrons. The molecule has 1 unspecified atom stereocenters. The first-order valence-electron chi connectivity index (χ1n) is 17.4. The second kappa shape index (κ2) is 19.0. The van der Waals surface area contributed by atoms with Gasteiger partial charge >= 0.3 is 0 Å². The zero-order valence-corrected chi connectivity index (χ0v) is 29.2. The zero-order valence-electron chi connectivity index (χ0n) is 29.2. The van der Waals surface area contributed by atoms with E-state index in [0.29, 0.717) is 24.3 Å². The van der Waals surface area contributed by atoms with E-state index < -0.39 is 0 Å².